The van der Waals surface area contributed by atoms with E-state index in [4.69, 9.17) is 10.5 Å². The maximum Gasteiger partial charge on any atom is 0.118 e. The predicted octanol–water partition coefficient (Wildman–Crippen LogP) is 2.82. The first-order chi connectivity index (χ1) is 8.67. The van der Waals surface area contributed by atoms with E-state index >= 15 is 0 Å². The van der Waals surface area contributed by atoms with Crippen LogP contribution in [0, 0.1) is 0 Å². The normalized spacial score (nSPS) is 12.7. The number of nitrogens with two attached hydrogens (primary N) is 1. The van der Waals surface area contributed by atoms with Crippen molar-refractivity contribution in [3.63, 3.8) is 0 Å². The number of likely N-dealkylation sites (N-methyl/N-ethyl adjacent to an activating group) is 1. The molecule has 0 aliphatic carbocycles. The van der Waals surface area contributed by atoms with Crippen LogP contribution < -0.4 is 10.5 Å². The van der Waals surface area contributed by atoms with Gasteiger partial charge in [0.05, 0.1) is 7.11 Å². The number of benzene rings is 1. The fraction of sp³-hybridized carbons (Fsp3) is 0.600. The molecular formula is C15H26N2O. The van der Waals surface area contributed by atoms with E-state index in [-0.39, 0.29) is 6.04 Å². The Morgan fingerprint density at radius 1 is 1.22 bits per heavy atom. The van der Waals surface area contributed by atoms with E-state index in [1.54, 1.807) is 7.11 Å². The first-order valence-electron chi connectivity index (χ1n) is 6.75. The first kappa shape index (κ1) is 15.0. The van der Waals surface area contributed by atoms with Gasteiger partial charge in [-0.15, -0.1) is 0 Å². The van der Waals surface area contributed by atoms with Gasteiger partial charge in [0, 0.05) is 12.6 Å². The molecule has 1 rings (SSSR count). The van der Waals surface area contributed by atoms with Crippen LogP contribution in [0.4, 0.5) is 0 Å². The summed E-state index contributed by atoms with van der Waals surface area (Å²) in [5.41, 5.74) is 7.37. The van der Waals surface area contributed by atoms with Crippen molar-refractivity contribution in [3.8, 4) is 5.75 Å². The van der Waals surface area contributed by atoms with Gasteiger partial charge in [0.15, 0.2) is 0 Å². The molecule has 0 saturated carbocycles. The Bertz CT molecular complexity index is 324. The summed E-state index contributed by atoms with van der Waals surface area (Å²) >= 11 is 0. The maximum atomic E-state index is 6.21. The molecule has 0 spiro atoms. The van der Waals surface area contributed by atoms with E-state index in [1.165, 1.54) is 19.3 Å². The minimum absolute atomic E-state index is 0.0718. The van der Waals surface area contributed by atoms with Gasteiger partial charge in [-0.25, -0.2) is 0 Å². The molecule has 0 heterocycles. The van der Waals surface area contributed by atoms with Gasteiger partial charge in [0.1, 0.15) is 5.75 Å². The number of ether oxygens (including phenoxy) is 1. The van der Waals surface area contributed by atoms with Crippen LogP contribution in [-0.2, 0) is 0 Å². The Morgan fingerprint density at radius 3 is 2.44 bits per heavy atom. The Kier molecular flexibility index (Phi) is 6.76. The zero-order valence-electron chi connectivity index (χ0n) is 11.9. The van der Waals surface area contributed by atoms with Crippen molar-refractivity contribution in [2.45, 2.75) is 32.2 Å². The van der Waals surface area contributed by atoms with Crippen LogP contribution in [0.2, 0.25) is 0 Å². The number of unbranched alkanes of at least 4 members (excludes halogenated alkanes) is 2. The molecule has 18 heavy (non-hydrogen) atoms. The minimum Gasteiger partial charge on any atom is -0.497 e. The Hall–Kier alpha value is -1.06. The lowest BCUT2D eigenvalue weighted by Crippen LogP contribution is -2.29. The Labute approximate surface area is 111 Å². The average Bonchev–Trinajstić information content (AvgIpc) is 2.39. The van der Waals surface area contributed by atoms with Crippen LogP contribution >= 0.6 is 0 Å². The van der Waals surface area contributed by atoms with Gasteiger partial charge in [-0.3, -0.25) is 0 Å². The highest BCUT2D eigenvalue weighted by Gasteiger charge is 2.09. The van der Waals surface area contributed by atoms with Crippen molar-refractivity contribution in [1.29, 1.82) is 0 Å². The molecule has 3 nitrogen and oxygen atoms in total. The molecule has 0 saturated heterocycles. The number of methoxy groups -OCH3 is 1. The van der Waals surface area contributed by atoms with Gasteiger partial charge >= 0.3 is 0 Å². The molecule has 0 amide bonds. The summed E-state index contributed by atoms with van der Waals surface area (Å²) in [6, 6.07) is 8.09. The molecule has 0 aliphatic heterocycles. The number of hydrogen-bond donors (Lipinski definition) is 1. The molecule has 0 radical (unpaired) electrons. The largest absolute Gasteiger partial charge is 0.497 e. The van der Waals surface area contributed by atoms with Crippen LogP contribution in [0.5, 0.6) is 5.75 Å². The molecule has 1 aromatic carbocycles. The van der Waals surface area contributed by atoms with E-state index in [0.717, 1.165) is 24.4 Å². The lowest BCUT2D eigenvalue weighted by Gasteiger charge is -2.21. The van der Waals surface area contributed by atoms with Gasteiger partial charge in [-0.1, -0.05) is 31.9 Å². The first-order valence-corrected chi connectivity index (χ1v) is 6.75. The standard InChI is InChI=1S/C15H26N2O/c1-4-5-6-11-17(2)12-15(16)13-7-9-14(18-3)10-8-13/h7-10,15H,4-6,11-12,16H2,1-3H3. The molecule has 1 aromatic rings. The monoisotopic (exact) mass is 250 g/mol. The van der Waals surface area contributed by atoms with E-state index in [1.807, 2.05) is 24.3 Å². The fourth-order valence-corrected chi connectivity index (χ4v) is 2.02. The van der Waals surface area contributed by atoms with Gasteiger partial charge < -0.3 is 15.4 Å². The molecule has 0 aromatic heterocycles. The smallest absolute Gasteiger partial charge is 0.118 e. The third-order valence-electron chi connectivity index (χ3n) is 3.20. The quantitative estimate of drug-likeness (QED) is 0.721. The molecule has 1 unspecified atom stereocenters. The molecule has 3 heteroatoms. The van der Waals surface area contributed by atoms with Gasteiger partial charge in [0.2, 0.25) is 0 Å². The zero-order chi connectivity index (χ0) is 13.4. The number of hydrogen-bond acceptors (Lipinski definition) is 3. The summed E-state index contributed by atoms with van der Waals surface area (Å²) in [7, 11) is 3.81. The van der Waals surface area contributed by atoms with E-state index in [2.05, 4.69) is 18.9 Å². The molecule has 102 valence electrons. The number of nitrogens with zero attached hydrogens (tertiary/aromatic N) is 1. The second kappa shape index (κ2) is 8.11. The molecule has 1 atom stereocenters. The van der Waals surface area contributed by atoms with Crippen molar-refractivity contribution >= 4 is 0 Å². The zero-order valence-corrected chi connectivity index (χ0v) is 11.9. The van der Waals surface area contributed by atoms with Gasteiger partial charge in [-0.05, 0) is 37.7 Å². The summed E-state index contributed by atoms with van der Waals surface area (Å²) in [5.74, 6) is 0.877. The van der Waals surface area contributed by atoms with E-state index in [9.17, 15) is 0 Å². The Balaban J connectivity index is 2.40. The van der Waals surface area contributed by atoms with Crippen molar-refractivity contribution in [2.24, 2.45) is 5.73 Å². The summed E-state index contributed by atoms with van der Waals surface area (Å²) in [5, 5.41) is 0. The van der Waals surface area contributed by atoms with Crippen molar-refractivity contribution in [1.82, 2.24) is 4.90 Å². The topological polar surface area (TPSA) is 38.5 Å². The summed E-state index contributed by atoms with van der Waals surface area (Å²) < 4.78 is 5.14. The van der Waals surface area contributed by atoms with Crippen molar-refractivity contribution in [3.05, 3.63) is 29.8 Å². The lowest BCUT2D eigenvalue weighted by molar-refractivity contribution is 0.305. The summed E-state index contributed by atoms with van der Waals surface area (Å²) in [6.45, 7) is 4.25. The fourth-order valence-electron chi connectivity index (χ4n) is 2.02. The maximum absolute atomic E-state index is 6.21. The van der Waals surface area contributed by atoms with Crippen LogP contribution in [0.15, 0.2) is 24.3 Å². The van der Waals surface area contributed by atoms with Crippen LogP contribution in [0.1, 0.15) is 37.8 Å². The summed E-state index contributed by atoms with van der Waals surface area (Å²) in [6.07, 6.45) is 3.81. The predicted molar refractivity (Wildman–Crippen MR) is 76.9 cm³/mol. The SMILES string of the molecule is CCCCCN(C)CC(N)c1ccc(OC)cc1. The van der Waals surface area contributed by atoms with Gasteiger partial charge in [-0.2, -0.15) is 0 Å². The molecule has 0 fully saturated rings. The summed E-state index contributed by atoms with van der Waals surface area (Å²) in [4.78, 5) is 2.31. The van der Waals surface area contributed by atoms with Crippen LogP contribution in [-0.4, -0.2) is 32.1 Å². The molecule has 2 N–H and O–H groups in total. The highest BCUT2D eigenvalue weighted by atomic mass is 16.5. The van der Waals surface area contributed by atoms with E-state index < -0.39 is 0 Å². The number of rotatable bonds is 8. The van der Waals surface area contributed by atoms with Crippen molar-refractivity contribution < 1.29 is 4.74 Å². The van der Waals surface area contributed by atoms with Gasteiger partial charge in [0.25, 0.3) is 0 Å². The second-order valence-electron chi connectivity index (χ2n) is 4.85. The van der Waals surface area contributed by atoms with Crippen LogP contribution in [0.25, 0.3) is 0 Å². The second-order valence-corrected chi connectivity index (χ2v) is 4.85. The molecule has 0 bridgehead atoms. The minimum atomic E-state index is 0.0718. The van der Waals surface area contributed by atoms with Crippen molar-refractivity contribution in [2.75, 3.05) is 27.2 Å². The average molecular weight is 250 g/mol. The highest BCUT2D eigenvalue weighted by molar-refractivity contribution is 5.29. The van der Waals surface area contributed by atoms with E-state index in [0.29, 0.717) is 0 Å². The highest BCUT2D eigenvalue weighted by Crippen LogP contribution is 2.16. The molecular weight excluding hydrogens is 224 g/mol. The lowest BCUT2D eigenvalue weighted by atomic mass is 10.1. The Morgan fingerprint density at radius 2 is 1.89 bits per heavy atom. The van der Waals surface area contributed by atoms with Crippen LogP contribution in [0.3, 0.4) is 0 Å². The molecule has 0 aliphatic rings. The third kappa shape index (κ3) is 5.07. The third-order valence-corrected chi connectivity index (χ3v) is 3.20.